The number of nitrogens with zero attached hydrogens (tertiary/aromatic N) is 1. The van der Waals surface area contributed by atoms with Crippen molar-refractivity contribution in [1.29, 1.82) is 0 Å². The quantitative estimate of drug-likeness (QED) is 0.848. The summed E-state index contributed by atoms with van der Waals surface area (Å²) in [6, 6.07) is 1.32. The second-order valence-electron chi connectivity index (χ2n) is 7.24. The van der Waals surface area contributed by atoms with Gasteiger partial charge in [-0.3, -0.25) is 4.90 Å². The number of nitrogens with one attached hydrogen (secondary N) is 1. The van der Waals surface area contributed by atoms with Crippen molar-refractivity contribution >= 4 is 0 Å². The Labute approximate surface area is 119 Å². The summed E-state index contributed by atoms with van der Waals surface area (Å²) in [6.07, 6.45) is 4.63. The van der Waals surface area contributed by atoms with E-state index in [1.165, 1.54) is 19.3 Å². The molecule has 4 unspecified atom stereocenters. The fraction of sp³-hybridized carbons (Fsp3) is 1.00. The van der Waals surface area contributed by atoms with Gasteiger partial charge in [0.05, 0.1) is 12.2 Å². The van der Waals surface area contributed by atoms with Crippen LogP contribution in [0.4, 0.5) is 0 Å². The minimum Gasteiger partial charge on any atom is -0.373 e. The molecule has 3 heteroatoms. The van der Waals surface area contributed by atoms with Crippen molar-refractivity contribution in [2.24, 2.45) is 5.41 Å². The van der Waals surface area contributed by atoms with E-state index in [0.717, 1.165) is 19.6 Å². The van der Waals surface area contributed by atoms with Gasteiger partial charge < -0.3 is 10.1 Å². The summed E-state index contributed by atoms with van der Waals surface area (Å²) in [5.74, 6) is 0. The van der Waals surface area contributed by atoms with Gasteiger partial charge in [-0.25, -0.2) is 0 Å². The van der Waals surface area contributed by atoms with Crippen molar-refractivity contribution in [2.45, 2.75) is 78.2 Å². The van der Waals surface area contributed by atoms with Gasteiger partial charge in [0.25, 0.3) is 0 Å². The van der Waals surface area contributed by atoms with Gasteiger partial charge in [0.2, 0.25) is 0 Å². The molecule has 1 aliphatic carbocycles. The molecule has 3 nitrogen and oxygen atoms in total. The smallest absolute Gasteiger partial charge is 0.0678 e. The fourth-order valence-corrected chi connectivity index (χ4v) is 3.96. The zero-order valence-electron chi connectivity index (χ0n) is 13.4. The van der Waals surface area contributed by atoms with Crippen LogP contribution in [0.2, 0.25) is 0 Å². The van der Waals surface area contributed by atoms with Crippen LogP contribution in [0.25, 0.3) is 0 Å². The Morgan fingerprint density at radius 3 is 2.42 bits per heavy atom. The topological polar surface area (TPSA) is 24.5 Å². The first-order valence-electron chi connectivity index (χ1n) is 8.07. The molecule has 0 spiro atoms. The van der Waals surface area contributed by atoms with Crippen LogP contribution in [0.3, 0.4) is 0 Å². The van der Waals surface area contributed by atoms with Crippen LogP contribution in [-0.4, -0.2) is 48.8 Å². The zero-order valence-corrected chi connectivity index (χ0v) is 13.4. The number of hydrogen-bond acceptors (Lipinski definition) is 3. The average Bonchev–Trinajstić information content (AvgIpc) is 2.60. The summed E-state index contributed by atoms with van der Waals surface area (Å²) < 4.78 is 5.88. The molecule has 1 saturated heterocycles. The zero-order chi connectivity index (χ0) is 14.0. The molecule has 2 aliphatic rings. The third kappa shape index (κ3) is 3.50. The minimum absolute atomic E-state index is 0.374. The largest absolute Gasteiger partial charge is 0.373 e. The number of ether oxygens (including phenoxy) is 1. The molecule has 0 aromatic rings. The third-order valence-electron chi connectivity index (χ3n) is 4.84. The highest BCUT2D eigenvalue weighted by Gasteiger charge is 2.45. The Bertz CT molecular complexity index is 282. The summed E-state index contributed by atoms with van der Waals surface area (Å²) in [5.41, 5.74) is 0.421. The highest BCUT2D eigenvalue weighted by Crippen LogP contribution is 2.40. The third-order valence-corrected chi connectivity index (χ3v) is 4.84. The Morgan fingerprint density at radius 1 is 1.21 bits per heavy atom. The van der Waals surface area contributed by atoms with E-state index in [0.29, 0.717) is 29.7 Å². The van der Waals surface area contributed by atoms with Crippen LogP contribution < -0.4 is 5.32 Å². The molecule has 1 heterocycles. The summed E-state index contributed by atoms with van der Waals surface area (Å²) in [5, 5.41) is 3.82. The highest BCUT2D eigenvalue weighted by atomic mass is 16.5. The molecule has 1 N–H and O–H groups in total. The summed E-state index contributed by atoms with van der Waals surface area (Å²) in [6.45, 7) is 14.8. The molecule has 0 aromatic heterocycles. The number of morpholine rings is 1. The van der Waals surface area contributed by atoms with Gasteiger partial charge in [-0.15, -0.1) is 0 Å². The lowest BCUT2D eigenvalue weighted by Gasteiger charge is -2.43. The van der Waals surface area contributed by atoms with Gasteiger partial charge in [0, 0.05) is 25.2 Å². The SMILES string of the molecule is CCCNC1C(N2CC(C)OC(C)C2)CCC1(C)C. The Hall–Kier alpha value is -0.120. The maximum atomic E-state index is 5.88. The first-order chi connectivity index (χ1) is 8.94. The summed E-state index contributed by atoms with van der Waals surface area (Å²) in [4.78, 5) is 2.68. The second kappa shape index (κ2) is 6.11. The first-order valence-corrected chi connectivity index (χ1v) is 8.07. The predicted molar refractivity (Wildman–Crippen MR) is 80.5 cm³/mol. The standard InChI is InChI=1S/C16H32N2O/c1-6-9-17-15-14(7-8-16(15,4)5)18-10-12(2)19-13(3)11-18/h12-15,17H,6-11H2,1-5H3. The predicted octanol–water partition coefficient (Wildman–Crippen LogP) is 2.65. The van der Waals surface area contributed by atoms with E-state index in [9.17, 15) is 0 Å². The second-order valence-corrected chi connectivity index (χ2v) is 7.24. The molecule has 1 aliphatic heterocycles. The summed E-state index contributed by atoms with van der Waals surface area (Å²) in [7, 11) is 0. The van der Waals surface area contributed by atoms with Crippen molar-refractivity contribution < 1.29 is 4.74 Å². The lowest BCUT2D eigenvalue weighted by molar-refractivity contribution is -0.0837. The van der Waals surface area contributed by atoms with E-state index >= 15 is 0 Å². The van der Waals surface area contributed by atoms with Crippen molar-refractivity contribution in [3.63, 3.8) is 0 Å². The Kier molecular flexibility index (Phi) is 4.91. The van der Waals surface area contributed by atoms with Gasteiger partial charge in [-0.2, -0.15) is 0 Å². The number of rotatable bonds is 4. The van der Waals surface area contributed by atoms with Gasteiger partial charge >= 0.3 is 0 Å². The minimum atomic E-state index is 0.374. The molecule has 0 bridgehead atoms. The van der Waals surface area contributed by atoms with E-state index in [-0.39, 0.29) is 0 Å². The molecule has 0 radical (unpaired) electrons. The van der Waals surface area contributed by atoms with E-state index in [2.05, 4.69) is 44.8 Å². The van der Waals surface area contributed by atoms with E-state index in [4.69, 9.17) is 4.74 Å². The van der Waals surface area contributed by atoms with Crippen molar-refractivity contribution in [1.82, 2.24) is 10.2 Å². The first kappa shape index (κ1) is 15.3. The summed E-state index contributed by atoms with van der Waals surface area (Å²) >= 11 is 0. The molecule has 2 rings (SSSR count). The molecule has 19 heavy (non-hydrogen) atoms. The maximum absolute atomic E-state index is 5.88. The maximum Gasteiger partial charge on any atom is 0.0678 e. The molecule has 4 atom stereocenters. The molecular formula is C16H32N2O. The van der Waals surface area contributed by atoms with Crippen LogP contribution in [-0.2, 0) is 4.74 Å². The van der Waals surface area contributed by atoms with Gasteiger partial charge in [0.1, 0.15) is 0 Å². The lowest BCUT2D eigenvalue weighted by Crippen LogP contribution is -2.57. The molecule has 1 saturated carbocycles. The van der Waals surface area contributed by atoms with Crippen LogP contribution in [0, 0.1) is 5.41 Å². The molecular weight excluding hydrogens is 236 g/mol. The molecule has 0 aromatic carbocycles. The molecule has 0 amide bonds. The van der Waals surface area contributed by atoms with Crippen LogP contribution in [0.15, 0.2) is 0 Å². The van der Waals surface area contributed by atoms with Crippen molar-refractivity contribution in [3.8, 4) is 0 Å². The monoisotopic (exact) mass is 268 g/mol. The van der Waals surface area contributed by atoms with Crippen molar-refractivity contribution in [2.75, 3.05) is 19.6 Å². The van der Waals surface area contributed by atoms with Crippen molar-refractivity contribution in [3.05, 3.63) is 0 Å². The fourth-order valence-electron chi connectivity index (χ4n) is 3.96. The normalized spacial score (nSPS) is 39.6. The highest BCUT2D eigenvalue weighted by molar-refractivity contribution is 5.02. The van der Waals surface area contributed by atoms with Crippen LogP contribution in [0.5, 0.6) is 0 Å². The number of hydrogen-bond donors (Lipinski definition) is 1. The average molecular weight is 268 g/mol. The van der Waals surface area contributed by atoms with E-state index in [1.54, 1.807) is 0 Å². The van der Waals surface area contributed by atoms with E-state index in [1.807, 2.05) is 0 Å². The van der Waals surface area contributed by atoms with Gasteiger partial charge in [0.15, 0.2) is 0 Å². The van der Waals surface area contributed by atoms with Crippen LogP contribution >= 0.6 is 0 Å². The molecule has 2 fully saturated rings. The van der Waals surface area contributed by atoms with Gasteiger partial charge in [-0.1, -0.05) is 20.8 Å². The Balaban J connectivity index is 2.04. The Morgan fingerprint density at radius 2 is 1.84 bits per heavy atom. The van der Waals surface area contributed by atoms with Crippen LogP contribution in [0.1, 0.15) is 53.9 Å². The van der Waals surface area contributed by atoms with E-state index < -0.39 is 0 Å². The molecule has 112 valence electrons. The lowest BCUT2D eigenvalue weighted by atomic mass is 9.86. The van der Waals surface area contributed by atoms with Gasteiger partial charge in [-0.05, 0) is 45.1 Å².